The first-order chi connectivity index (χ1) is 7.61. The summed E-state index contributed by atoms with van der Waals surface area (Å²) in [5.74, 6) is -0.474. The van der Waals surface area contributed by atoms with E-state index in [2.05, 4.69) is 4.98 Å². The molecule has 4 heteroatoms. The predicted molar refractivity (Wildman–Crippen MR) is 60.0 cm³/mol. The zero-order valence-corrected chi connectivity index (χ0v) is 9.02. The molecule has 4 nitrogen and oxygen atoms in total. The van der Waals surface area contributed by atoms with Gasteiger partial charge in [-0.2, -0.15) is 0 Å². The van der Waals surface area contributed by atoms with Gasteiger partial charge in [0.15, 0.2) is 0 Å². The normalized spacial score (nSPS) is 10.4. The molecule has 1 aromatic heterocycles. The Kier molecular flexibility index (Phi) is 2.48. The average molecular weight is 217 g/mol. The fraction of sp³-hybridized carbons (Fsp3) is 0.167. The van der Waals surface area contributed by atoms with Crippen LogP contribution in [0.3, 0.4) is 0 Å². The Hall–Kier alpha value is -2.10. The lowest BCUT2D eigenvalue weighted by atomic mass is 10.1. The molecule has 2 rings (SSSR count). The third-order valence-corrected chi connectivity index (χ3v) is 2.39. The number of rotatable bonds is 2. The Bertz CT molecular complexity index is 563. The fourth-order valence-electron chi connectivity index (χ4n) is 1.61. The monoisotopic (exact) mass is 217 g/mol. The number of aryl methyl sites for hydroxylation is 1. The highest BCUT2D eigenvalue weighted by molar-refractivity contribution is 6.03. The van der Waals surface area contributed by atoms with Gasteiger partial charge in [0.2, 0.25) is 0 Å². The number of methoxy groups -OCH3 is 1. The fourth-order valence-corrected chi connectivity index (χ4v) is 1.61. The van der Waals surface area contributed by atoms with Gasteiger partial charge in [-0.05, 0) is 19.1 Å². The molecule has 0 fully saturated rings. The molecule has 0 spiro atoms. The quantitative estimate of drug-likeness (QED) is 0.838. The van der Waals surface area contributed by atoms with E-state index < -0.39 is 5.97 Å². The van der Waals surface area contributed by atoms with E-state index in [-0.39, 0.29) is 5.56 Å². The second-order valence-electron chi connectivity index (χ2n) is 3.50. The highest BCUT2D eigenvalue weighted by Gasteiger charge is 2.11. The number of hydrogen-bond acceptors (Lipinski definition) is 3. The summed E-state index contributed by atoms with van der Waals surface area (Å²) in [5.41, 5.74) is 1.69. The van der Waals surface area contributed by atoms with Crippen LogP contribution in [0.4, 0.5) is 0 Å². The summed E-state index contributed by atoms with van der Waals surface area (Å²) in [6, 6.07) is 6.79. The van der Waals surface area contributed by atoms with E-state index in [1.165, 1.54) is 13.2 Å². The summed E-state index contributed by atoms with van der Waals surface area (Å²) in [4.78, 5) is 15.4. The van der Waals surface area contributed by atoms with E-state index in [9.17, 15) is 4.79 Å². The van der Waals surface area contributed by atoms with Crippen molar-refractivity contribution >= 4 is 16.9 Å². The molecule has 1 heterocycles. The summed E-state index contributed by atoms with van der Waals surface area (Å²) >= 11 is 0. The molecule has 16 heavy (non-hydrogen) atoms. The van der Waals surface area contributed by atoms with Crippen LogP contribution in [0.1, 0.15) is 16.1 Å². The van der Waals surface area contributed by atoms with E-state index in [1.807, 2.05) is 6.92 Å². The van der Waals surface area contributed by atoms with Gasteiger partial charge in [-0.1, -0.05) is 6.07 Å². The first kappa shape index (κ1) is 10.4. The smallest absolute Gasteiger partial charge is 0.336 e. The van der Waals surface area contributed by atoms with Crippen LogP contribution in [0, 0.1) is 6.92 Å². The number of carboxylic acid groups (broad SMARTS) is 1. The highest BCUT2D eigenvalue weighted by atomic mass is 16.5. The Morgan fingerprint density at radius 2 is 2.12 bits per heavy atom. The minimum Gasteiger partial charge on any atom is -0.497 e. The molecule has 0 atom stereocenters. The van der Waals surface area contributed by atoms with Crippen molar-refractivity contribution in [3.05, 3.63) is 35.5 Å². The van der Waals surface area contributed by atoms with Crippen LogP contribution >= 0.6 is 0 Å². The van der Waals surface area contributed by atoms with Crippen LogP contribution in [0.2, 0.25) is 0 Å². The summed E-state index contributed by atoms with van der Waals surface area (Å²) < 4.78 is 5.05. The van der Waals surface area contributed by atoms with Crippen molar-refractivity contribution in [1.82, 2.24) is 4.98 Å². The van der Waals surface area contributed by atoms with Gasteiger partial charge in [0.05, 0.1) is 18.2 Å². The van der Waals surface area contributed by atoms with Crippen LogP contribution in [-0.2, 0) is 0 Å². The van der Waals surface area contributed by atoms with Gasteiger partial charge in [-0.15, -0.1) is 0 Å². The van der Waals surface area contributed by atoms with Crippen LogP contribution in [-0.4, -0.2) is 23.2 Å². The molecule has 2 aromatic rings. The van der Waals surface area contributed by atoms with Crippen molar-refractivity contribution in [2.75, 3.05) is 7.11 Å². The lowest BCUT2D eigenvalue weighted by Crippen LogP contribution is -1.99. The van der Waals surface area contributed by atoms with Crippen LogP contribution in [0.5, 0.6) is 5.75 Å². The lowest BCUT2D eigenvalue weighted by Gasteiger charge is -2.06. The Morgan fingerprint density at radius 3 is 2.75 bits per heavy atom. The van der Waals surface area contributed by atoms with Crippen molar-refractivity contribution in [3.8, 4) is 5.75 Å². The van der Waals surface area contributed by atoms with E-state index in [0.717, 1.165) is 5.69 Å². The molecular formula is C12H11NO3. The zero-order valence-electron chi connectivity index (χ0n) is 9.02. The third-order valence-electron chi connectivity index (χ3n) is 2.39. The summed E-state index contributed by atoms with van der Waals surface area (Å²) in [7, 11) is 1.50. The second-order valence-corrected chi connectivity index (χ2v) is 3.50. The van der Waals surface area contributed by atoms with Gasteiger partial charge in [0.25, 0.3) is 0 Å². The lowest BCUT2D eigenvalue weighted by molar-refractivity contribution is 0.0698. The maximum Gasteiger partial charge on any atom is 0.336 e. The van der Waals surface area contributed by atoms with E-state index in [1.54, 1.807) is 18.2 Å². The number of ether oxygens (including phenoxy) is 1. The summed E-state index contributed by atoms with van der Waals surface area (Å²) in [6.07, 6.45) is 0. The molecule has 0 aliphatic heterocycles. The Labute approximate surface area is 92.5 Å². The van der Waals surface area contributed by atoms with E-state index in [4.69, 9.17) is 9.84 Å². The van der Waals surface area contributed by atoms with Gasteiger partial charge in [-0.25, -0.2) is 4.79 Å². The van der Waals surface area contributed by atoms with E-state index in [0.29, 0.717) is 16.7 Å². The Balaban J connectivity index is 2.81. The van der Waals surface area contributed by atoms with Gasteiger partial charge in [-0.3, -0.25) is 4.98 Å². The molecule has 1 N–H and O–H groups in total. The number of pyridine rings is 1. The number of nitrogens with zero attached hydrogens (tertiary/aromatic N) is 1. The summed E-state index contributed by atoms with van der Waals surface area (Å²) in [5, 5.41) is 9.71. The third kappa shape index (κ3) is 1.69. The molecule has 82 valence electrons. The van der Waals surface area contributed by atoms with Crippen LogP contribution in [0.25, 0.3) is 10.9 Å². The maximum atomic E-state index is 11.1. The molecule has 0 unspecified atom stereocenters. The van der Waals surface area contributed by atoms with Crippen molar-refractivity contribution in [1.29, 1.82) is 0 Å². The minimum absolute atomic E-state index is 0.210. The SMILES string of the molecule is COc1cc(C(=O)O)c2ccc(C)nc2c1. The highest BCUT2D eigenvalue weighted by Crippen LogP contribution is 2.24. The topological polar surface area (TPSA) is 59.4 Å². The van der Waals surface area contributed by atoms with Crippen LogP contribution in [0.15, 0.2) is 24.3 Å². The first-order valence-corrected chi connectivity index (χ1v) is 4.80. The van der Waals surface area contributed by atoms with Crippen LogP contribution < -0.4 is 4.74 Å². The zero-order chi connectivity index (χ0) is 11.7. The number of carboxylic acids is 1. The number of aromatic nitrogens is 1. The molecule has 0 bridgehead atoms. The molecule has 0 aliphatic rings. The summed E-state index contributed by atoms with van der Waals surface area (Å²) in [6.45, 7) is 1.86. The van der Waals surface area contributed by atoms with Gasteiger partial charge >= 0.3 is 5.97 Å². The predicted octanol–water partition coefficient (Wildman–Crippen LogP) is 2.25. The van der Waals surface area contributed by atoms with Gasteiger partial charge in [0.1, 0.15) is 5.75 Å². The average Bonchev–Trinajstić information content (AvgIpc) is 2.26. The minimum atomic E-state index is -0.977. The Morgan fingerprint density at radius 1 is 1.38 bits per heavy atom. The second kappa shape index (κ2) is 3.81. The standard InChI is InChI=1S/C12H11NO3/c1-7-3-4-9-10(12(14)15)5-8(16-2)6-11(9)13-7/h3-6H,1-2H3,(H,14,15). The number of fused-ring (bicyclic) bond motifs is 1. The van der Waals surface area contributed by atoms with Crippen molar-refractivity contribution in [2.24, 2.45) is 0 Å². The molecule has 0 aliphatic carbocycles. The van der Waals surface area contributed by atoms with E-state index >= 15 is 0 Å². The number of aromatic carboxylic acids is 1. The van der Waals surface area contributed by atoms with Gasteiger partial charge in [0, 0.05) is 17.1 Å². The van der Waals surface area contributed by atoms with Crippen molar-refractivity contribution in [3.63, 3.8) is 0 Å². The number of benzene rings is 1. The van der Waals surface area contributed by atoms with Crippen molar-refractivity contribution < 1.29 is 14.6 Å². The molecule has 1 aromatic carbocycles. The van der Waals surface area contributed by atoms with Gasteiger partial charge < -0.3 is 9.84 Å². The maximum absolute atomic E-state index is 11.1. The molecule has 0 radical (unpaired) electrons. The molecule has 0 amide bonds. The molecule has 0 saturated carbocycles. The number of hydrogen-bond donors (Lipinski definition) is 1. The number of carbonyl (C=O) groups is 1. The first-order valence-electron chi connectivity index (χ1n) is 4.80. The molecular weight excluding hydrogens is 206 g/mol. The van der Waals surface area contributed by atoms with Crippen molar-refractivity contribution in [2.45, 2.75) is 6.92 Å². The largest absolute Gasteiger partial charge is 0.497 e. The molecule has 0 saturated heterocycles.